The molecule has 128 valence electrons. The topological polar surface area (TPSA) is 66.5 Å². The minimum atomic E-state index is -0.391. The highest BCUT2D eigenvalue weighted by Gasteiger charge is 2.35. The molecule has 0 unspecified atom stereocenters. The van der Waals surface area contributed by atoms with Crippen molar-refractivity contribution >= 4 is 23.4 Å². The number of fused-ring (bicyclic) bond motifs is 1. The fourth-order valence-corrected chi connectivity index (χ4v) is 2.91. The van der Waals surface area contributed by atoms with Gasteiger partial charge in [0.25, 0.3) is 11.8 Å². The summed E-state index contributed by atoms with van der Waals surface area (Å²) < 4.78 is 0. The maximum atomic E-state index is 12.3. The second-order valence-corrected chi connectivity index (χ2v) is 6.52. The Hall–Kier alpha value is -2.95. The van der Waals surface area contributed by atoms with E-state index in [1.54, 1.807) is 18.2 Å². The van der Waals surface area contributed by atoms with Crippen LogP contribution in [0.3, 0.4) is 0 Å². The van der Waals surface area contributed by atoms with Gasteiger partial charge in [0.1, 0.15) is 0 Å². The zero-order chi connectivity index (χ0) is 18.1. The Morgan fingerprint density at radius 3 is 2.36 bits per heavy atom. The van der Waals surface area contributed by atoms with E-state index in [9.17, 15) is 14.4 Å². The van der Waals surface area contributed by atoms with Crippen LogP contribution in [0.4, 0.5) is 5.69 Å². The first-order valence-electron chi connectivity index (χ1n) is 8.22. The molecule has 1 aliphatic rings. The lowest BCUT2D eigenvalue weighted by molar-refractivity contribution is -0.115. The van der Waals surface area contributed by atoms with Crippen molar-refractivity contribution in [3.63, 3.8) is 0 Å². The van der Waals surface area contributed by atoms with Gasteiger partial charge in [-0.1, -0.05) is 44.2 Å². The summed E-state index contributed by atoms with van der Waals surface area (Å²) in [7, 11) is 1.44. The minimum Gasteiger partial charge on any atom is -0.325 e. The second kappa shape index (κ2) is 6.51. The summed E-state index contributed by atoms with van der Waals surface area (Å²) in [5.41, 5.74) is 3.08. The molecule has 0 radical (unpaired) electrons. The number of benzene rings is 2. The average Bonchev–Trinajstić information content (AvgIpc) is 2.81. The van der Waals surface area contributed by atoms with Crippen LogP contribution in [0.2, 0.25) is 0 Å². The van der Waals surface area contributed by atoms with Gasteiger partial charge in [0, 0.05) is 7.05 Å². The standard InChI is InChI=1S/C20H20N2O3/c1-12(2)14-9-7-13(8-10-14)11-17(23)21-16-6-4-5-15-18(16)20(25)22(3)19(15)24/h4-10,12H,11H2,1-3H3,(H,21,23). The van der Waals surface area contributed by atoms with Gasteiger partial charge in [-0.25, -0.2) is 0 Å². The van der Waals surface area contributed by atoms with E-state index in [0.717, 1.165) is 10.5 Å². The number of nitrogens with zero attached hydrogens (tertiary/aromatic N) is 1. The summed E-state index contributed by atoms with van der Waals surface area (Å²) >= 11 is 0. The van der Waals surface area contributed by atoms with Crippen LogP contribution in [0.25, 0.3) is 0 Å². The molecule has 0 fully saturated rings. The van der Waals surface area contributed by atoms with Crippen molar-refractivity contribution in [1.29, 1.82) is 0 Å². The number of anilines is 1. The number of nitrogens with one attached hydrogen (secondary N) is 1. The SMILES string of the molecule is CC(C)c1ccc(CC(=O)Nc2cccc3c2C(=O)N(C)C3=O)cc1. The lowest BCUT2D eigenvalue weighted by atomic mass is 10.0. The summed E-state index contributed by atoms with van der Waals surface area (Å²) in [6, 6.07) is 12.8. The third-order valence-electron chi connectivity index (χ3n) is 4.40. The zero-order valence-electron chi connectivity index (χ0n) is 14.5. The molecule has 1 heterocycles. The molecule has 1 aliphatic heterocycles. The molecule has 3 rings (SSSR count). The van der Waals surface area contributed by atoms with Gasteiger partial charge in [-0.2, -0.15) is 0 Å². The third kappa shape index (κ3) is 3.18. The van der Waals surface area contributed by atoms with Crippen molar-refractivity contribution in [1.82, 2.24) is 4.90 Å². The number of imide groups is 1. The Balaban J connectivity index is 1.77. The molecular weight excluding hydrogens is 316 g/mol. The average molecular weight is 336 g/mol. The highest BCUT2D eigenvalue weighted by molar-refractivity contribution is 6.24. The molecule has 0 atom stereocenters. The van der Waals surface area contributed by atoms with Crippen molar-refractivity contribution in [2.75, 3.05) is 12.4 Å². The first-order valence-corrected chi connectivity index (χ1v) is 8.22. The first kappa shape index (κ1) is 16.9. The second-order valence-electron chi connectivity index (χ2n) is 6.52. The molecule has 0 spiro atoms. The first-order chi connectivity index (χ1) is 11.9. The van der Waals surface area contributed by atoms with E-state index < -0.39 is 5.91 Å². The molecule has 0 aliphatic carbocycles. The van der Waals surface area contributed by atoms with Crippen LogP contribution in [0.1, 0.15) is 51.6 Å². The van der Waals surface area contributed by atoms with Crippen LogP contribution in [-0.4, -0.2) is 29.7 Å². The molecule has 25 heavy (non-hydrogen) atoms. The zero-order valence-corrected chi connectivity index (χ0v) is 14.5. The Kier molecular flexibility index (Phi) is 4.40. The van der Waals surface area contributed by atoms with E-state index >= 15 is 0 Å². The monoisotopic (exact) mass is 336 g/mol. The fraction of sp³-hybridized carbons (Fsp3) is 0.250. The van der Waals surface area contributed by atoms with Crippen LogP contribution in [0.5, 0.6) is 0 Å². The summed E-state index contributed by atoms with van der Waals surface area (Å²) in [6.07, 6.45) is 0.208. The van der Waals surface area contributed by atoms with E-state index in [0.29, 0.717) is 17.2 Å². The number of carbonyl (C=O) groups is 3. The van der Waals surface area contributed by atoms with E-state index in [4.69, 9.17) is 0 Å². The normalized spacial score (nSPS) is 13.4. The molecule has 5 nitrogen and oxygen atoms in total. The third-order valence-corrected chi connectivity index (χ3v) is 4.40. The highest BCUT2D eigenvalue weighted by Crippen LogP contribution is 2.28. The maximum Gasteiger partial charge on any atom is 0.263 e. The van der Waals surface area contributed by atoms with E-state index in [2.05, 4.69) is 19.2 Å². The predicted molar refractivity (Wildman–Crippen MR) is 95.7 cm³/mol. The number of rotatable bonds is 4. The van der Waals surface area contributed by atoms with Gasteiger partial charge in [-0.05, 0) is 29.2 Å². The smallest absolute Gasteiger partial charge is 0.263 e. The molecule has 0 saturated carbocycles. The lowest BCUT2D eigenvalue weighted by Crippen LogP contribution is -2.24. The molecule has 0 bridgehead atoms. The maximum absolute atomic E-state index is 12.3. The molecule has 5 heteroatoms. The molecule has 2 aromatic carbocycles. The number of hydrogen-bond acceptors (Lipinski definition) is 3. The Morgan fingerprint density at radius 1 is 1.04 bits per heavy atom. The lowest BCUT2D eigenvalue weighted by Gasteiger charge is -2.10. The Labute approximate surface area is 146 Å². The largest absolute Gasteiger partial charge is 0.325 e. The van der Waals surface area contributed by atoms with Gasteiger partial charge in [0.15, 0.2) is 0 Å². The van der Waals surface area contributed by atoms with Gasteiger partial charge in [-0.3, -0.25) is 19.3 Å². The molecule has 0 saturated heterocycles. The number of hydrogen-bond donors (Lipinski definition) is 1. The molecular formula is C20H20N2O3. The van der Waals surface area contributed by atoms with Crippen LogP contribution >= 0.6 is 0 Å². The van der Waals surface area contributed by atoms with Crippen molar-refractivity contribution in [3.05, 3.63) is 64.7 Å². The van der Waals surface area contributed by atoms with Gasteiger partial charge < -0.3 is 5.32 Å². The molecule has 1 N–H and O–H groups in total. The number of amides is 3. The Morgan fingerprint density at radius 2 is 1.72 bits per heavy atom. The van der Waals surface area contributed by atoms with Crippen molar-refractivity contribution in [2.24, 2.45) is 0 Å². The van der Waals surface area contributed by atoms with E-state index in [1.165, 1.54) is 12.6 Å². The van der Waals surface area contributed by atoms with E-state index in [-0.39, 0.29) is 23.8 Å². The van der Waals surface area contributed by atoms with Crippen molar-refractivity contribution in [3.8, 4) is 0 Å². The van der Waals surface area contributed by atoms with Gasteiger partial charge in [0.2, 0.25) is 5.91 Å². The van der Waals surface area contributed by atoms with Gasteiger partial charge >= 0.3 is 0 Å². The highest BCUT2D eigenvalue weighted by atomic mass is 16.2. The van der Waals surface area contributed by atoms with E-state index in [1.807, 2.05) is 24.3 Å². The van der Waals surface area contributed by atoms with Crippen LogP contribution < -0.4 is 5.32 Å². The summed E-state index contributed by atoms with van der Waals surface area (Å²) in [5, 5.41) is 2.76. The quantitative estimate of drug-likeness (QED) is 0.872. The molecule has 3 amide bonds. The van der Waals surface area contributed by atoms with Crippen LogP contribution in [0, 0.1) is 0 Å². The fourth-order valence-electron chi connectivity index (χ4n) is 2.91. The summed E-state index contributed by atoms with van der Waals surface area (Å²) in [5.74, 6) is -0.520. The van der Waals surface area contributed by atoms with Crippen LogP contribution in [0.15, 0.2) is 42.5 Å². The van der Waals surface area contributed by atoms with Crippen LogP contribution in [-0.2, 0) is 11.2 Å². The Bertz CT molecular complexity index is 854. The molecule has 0 aromatic heterocycles. The minimum absolute atomic E-state index is 0.208. The van der Waals surface area contributed by atoms with Crippen molar-refractivity contribution < 1.29 is 14.4 Å². The van der Waals surface area contributed by atoms with Crippen molar-refractivity contribution in [2.45, 2.75) is 26.2 Å². The summed E-state index contributed by atoms with van der Waals surface area (Å²) in [6.45, 7) is 4.24. The number of carbonyl (C=O) groups excluding carboxylic acids is 3. The predicted octanol–water partition coefficient (Wildman–Crippen LogP) is 3.22. The van der Waals surface area contributed by atoms with Gasteiger partial charge in [0.05, 0.1) is 23.2 Å². The van der Waals surface area contributed by atoms with Gasteiger partial charge in [-0.15, -0.1) is 0 Å². The molecule has 2 aromatic rings. The summed E-state index contributed by atoms with van der Waals surface area (Å²) in [4.78, 5) is 37.6.